The number of anilines is 2. The first-order chi connectivity index (χ1) is 14.2. The minimum Gasteiger partial charge on any atom is -0.332 e. The summed E-state index contributed by atoms with van der Waals surface area (Å²) in [5, 5.41) is 5.49. The lowest BCUT2D eigenvalue weighted by molar-refractivity contribution is 0.0977. The second-order valence-electron chi connectivity index (χ2n) is 6.41. The first-order valence-corrected chi connectivity index (χ1v) is 10.7. The summed E-state index contributed by atoms with van der Waals surface area (Å²) in [7, 11) is -3.83. The van der Waals surface area contributed by atoms with Crippen molar-refractivity contribution < 1.29 is 17.6 Å². The Balaban J connectivity index is 1.62. The second-order valence-corrected chi connectivity index (χ2v) is 8.51. The van der Waals surface area contributed by atoms with E-state index < -0.39 is 15.8 Å². The Kier molecular flexibility index (Phi) is 6.43. The third-order valence-corrected chi connectivity index (χ3v) is 5.63. The Morgan fingerprint density at radius 2 is 1.57 bits per heavy atom. The SMILES string of the molecule is Cc1cccc(C(=O)NC(=S)Nc2ccc(S(=O)(=O)Nc3ccc(F)cc3)cc2)c1. The summed E-state index contributed by atoms with van der Waals surface area (Å²) in [6.45, 7) is 1.88. The van der Waals surface area contributed by atoms with Crippen molar-refractivity contribution in [1.29, 1.82) is 0 Å². The maximum absolute atomic E-state index is 13.0. The molecule has 0 aliphatic rings. The van der Waals surface area contributed by atoms with Gasteiger partial charge in [-0.1, -0.05) is 17.7 Å². The molecule has 3 rings (SSSR count). The molecule has 0 saturated carbocycles. The fourth-order valence-electron chi connectivity index (χ4n) is 2.57. The molecule has 3 aromatic rings. The molecule has 154 valence electrons. The fraction of sp³-hybridized carbons (Fsp3) is 0.0476. The normalized spacial score (nSPS) is 10.9. The standard InChI is InChI=1S/C21H18FN3O3S2/c1-14-3-2-4-15(13-14)20(26)24-21(29)23-17-9-11-19(12-10-17)30(27,28)25-18-7-5-16(22)6-8-18/h2-13,25H,1H3,(H2,23,24,26,29). The van der Waals surface area contributed by atoms with Gasteiger partial charge in [0, 0.05) is 16.9 Å². The quantitative estimate of drug-likeness (QED) is 0.518. The molecular formula is C21H18FN3O3S2. The summed E-state index contributed by atoms with van der Waals surface area (Å²) in [5.41, 5.74) is 2.18. The molecule has 0 heterocycles. The van der Waals surface area contributed by atoms with Gasteiger partial charge in [0.1, 0.15) is 5.82 Å². The van der Waals surface area contributed by atoms with E-state index in [1.165, 1.54) is 36.4 Å². The van der Waals surface area contributed by atoms with Crippen LogP contribution >= 0.6 is 12.2 Å². The van der Waals surface area contributed by atoms with Gasteiger partial charge in [-0.15, -0.1) is 0 Å². The molecule has 0 aliphatic heterocycles. The van der Waals surface area contributed by atoms with E-state index in [4.69, 9.17) is 12.2 Å². The number of aryl methyl sites for hydroxylation is 1. The highest BCUT2D eigenvalue weighted by molar-refractivity contribution is 7.92. The molecule has 0 bridgehead atoms. The van der Waals surface area contributed by atoms with Crippen LogP contribution in [0.25, 0.3) is 0 Å². The average Bonchev–Trinajstić information content (AvgIpc) is 2.70. The lowest BCUT2D eigenvalue weighted by atomic mass is 10.1. The van der Waals surface area contributed by atoms with Crippen LogP contribution in [0.4, 0.5) is 15.8 Å². The lowest BCUT2D eigenvalue weighted by Gasteiger charge is -2.11. The second kappa shape index (κ2) is 9.02. The van der Waals surface area contributed by atoms with Crippen molar-refractivity contribution in [1.82, 2.24) is 5.32 Å². The van der Waals surface area contributed by atoms with Gasteiger partial charge in [-0.25, -0.2) is 12.8 Å². The third-order valence-electron chi connectivity index (χ3n) is 4.03. The molecule has 3 aromatic carbocycles. The highest BCUT2D eigenvalue weighted by Gasteiger charge is 2.14. The zero-order valence-corrected chi connectivity index (χ0v) is 17.5. The van der Waals surface area contributed by atoms with E-state index >= 15 is 0 Å². The summed E-state index contributed by atoms with van der Waals surface area (Å²) < 4.78 is 40.2. The Hall–Kier alpha value is -3.30. The number of hydrogen-bond donors (Lipinski definition) is 3. The number of benzene rings is 3. The molecule has 0 aromatic heterocycles. The zero-order valence-electron chi connectivity index (χ0n) is 15.8. The molecule has 0 spiro atoms. The number of rotatable bonds is 5. The van der Waals surface area contributed by atoms with E-state index in [0.29, 0.717) is 11.3 Å². The van der Waals surface area contributed by atoms with Crippen molar-refractivity contribution in [2.24, 2.45) is 0 Å². The van der Waals surface area contributed by atoms with E-state index in [1.54, 1.807) is 18.2 Å². The number of nitrogens with one attached hydrogen (secondary N) is 3. The molecule has 30 heavy (non-hydrogen) atoms. The van der Waals surface area contributed by atoms with Crippen LogP contribution in [0.1, 0.15) is 15.9 Å². The Morgan fingerprint density at radius 3 is 2.20 bits per heavy atom. The van der Waals surface area contributed by atoms with Gasteiger partial charge in [-0.2, -0.15) is 0 Å². The van der Waals surface area contributed by atoms with Gasteiger partial charge in [0.05, 0.1) is 4.90 Å². The molecule has 0 atom stereocenters. The molecule has 9 heteroatoms. The molecule has 0 radical (unpaired) electrons. The number of carbonyl (C=O) groups excluding carboxylic acids is 1. The van der Waals surface area contributed by atoms with E-state index in [0.717, 1.165) is 17.7 Å². The Bertz CT molecular complexity index is 1180. The number of amides is 1. The van der Waals surface area contributed by atoms with Crippen LogP contribution in [0.2, 0.25) is 0 Å². The smallest absolute Gasteiger partial charge is 0.261 e. The van der Waals surface area contributed by atoms with Gasteiger partial charge >= 0.3 is 0 Å². The van der Waals surface area contributed by atoms with Crippen LogP contribution < -0.4 is 15.4 Å². The Morgan fingerprint density at radius 1 is 0.933 bits per heavy atom. The molecule has 3 N–H and O–H groups in total. The number of hydrogen-bond acceptors (Lipinski definition) is 4. The first kappa shape index (κ1) is 21.4. The number of thiocarbonyl (C=S) groups is 1. The zero-order chi connectivity index (χ0) is 21.7. The maximum Gasteiger partial charge on any atom is 0.261 e. The topological polar surface area (TPSA) is 87.3 Å². The summed E-state index contributed by atoms with van der Waals surface area (Å²) in [5.74, 6) is -0.808. The fourth-order valence-corrected chi connectivity index (χ4v) is 3.84. The first-order valence-electron chi connectivity index (χ1n) is 8.80. The van der Waals surface area contributed by atoms with Crippen LogP contribution in [0.5, 0.6) is 0 Å². The molecule has 0 aliphatic carbocycles. The van der Waals surface area contributed by atoms with Gasteiger partial charge in [-0.05, 0) is 79.8 Å². The van der Waals surface area contributed by atoms with Crippen LogP contribution in [0.3, 0.4) is 0 Å². The molecule has 1 amide bonds. The van der Waals surface area contributed by atoms with Gasteiger partial charge in [0.25, 0.3) is 15.9 Å². The Labute approximate surface area is 179 Å². The van der Waals surface area contributed by atoms with E-state index in [2.05, 4.69) is 15.4 Å². The van der Waals surface area contributed by atoms with Crippen LogP contribution in [0, 0.1) is 12.7 Å². The maximum atomic E-state index is 13.0. The van der Waals surface area contributed by atoms with Crippen molar-refractivity contribution in [3.63, 3.8) is 0 Å². The van der Waals surface area contributed by atoms with Gasteiger partial charge in [0.15, 0.2) is 5.11 Å². The highest BCUT2D eigenvalue weighted by Crippen LogP contribution is 2.18. The van der Waals surface area contributed by atoms with Crippen LogP contribution in [-0.4, -0.2) is 19.4 Å². The minimum atomic E-state index is -3.83. The van der Waals surface area contributed by atoms with Crippen molar-refractivity contribution in [2.45, 2.75) is 11.8 Å². The van der Waals surface area contributed by atoms with E-state index in [1.807, 2.05) is 13.0 Å². The molecule has 0 fully saturated rings. The average molecular weight is 444 g/mol. The number of carbonyl (C=O) groups is 1. The van der Waals surface area contributed by atoms with Crippen molar-refractivity contribution >= 4 is 44.6 Å². The van der Waals surface area contributed by atoms with Crippen molar-refractivity contribution in [3.05, 3.63) is 89.7 Å². The summed E-state index contributed by atoms with van der Waals surface area (Å²) in [6.07, 6.45) is 0. The predicted octanol–water partition coefficient (Wildman–Crippen LogP) is 4.06. The molecular weight excluding hydrogens is 425 g/mol. The van der Waals surface area contributed by atoms with Gasteiger partial charge < -0.3 is 5.32 Å². The highest BCUT2D eigenvalue weighted by atomic mass is 32.2. The van der Waals surface area contributed by atoms with Crippen LogP contribution in [0.15, 0.2) is 77.7 Å². The van der Waals surface area contributed by atoms with E-state index in [9.17, 15) is 17.6 Å². The minimum absolute atomic E-state index is 0.0205. The summed E-state index contributed by atoms with van der Waals surface area (Å²) in [4.78, 5) is 12.2. The van der Waals surface area contributed by atoms with Crippen molar-refractivity contribution in [2.75, 3.05) is 10.0 Å². The molecule has 6 nitrogen and oxygen atoms in total. The number of sulfonamides is 1. The van der Waals surface area contributed by atoms with Gasteiger partial charge in [-0.3, -0.25) is 14.8 Å². The summed E-state index contributed by atoms with van der Waals surface area (Å²) in [6, 6.07) is 17.9. The predicted molar refractivity (Wildman–Crippen MR) is 119 cm³/mol. The monoisotopic (exact) mass is 443 g/mol. The van der Waals surface area contributed by atoms with Crippen LogP contribution in [-0.2, 0) is 10.0 Å². The van der Waals surface area contributed by atoms with Crippen molar-refractivity contribution in [3.8, 4) is 0 Å². The third kappa shape index (κ3) is 5.62. The van der Waals surface area contributed by atoms with Gasteiger partial charge in [0.2, 0.25) is 0 Å². The van der Waals surface area contributed by atoms with E-state index in [-0.39, 0.29) is 21.6 Å². The summed E-state index contributed by atoms with van der Waals surface area (Å²) >= 11 is 5.14. The number of halogens is 1. The lowest BCUT2D eigenvalue weighted by Crippen LogP contribution is -2.34. The molecule has 0 saturated heterocycles. The molecule has 0 unspecified atom stereocenters. The largest absolute Gasteiger partial charge is 0.332 e.